The van der Waals surface area contributed by atoms with E-state index in [4.69, 9.17) is 9.84 Å². The molecule has 1 atom stereocenters. The largest absolute Gasteiger partial charge is 0.478 e. The summed E-state index contributed by atoms with van der Waals surface area (Å²) in [7, 11) is 0. The summed E-state index contributed by atoms with van der Waals surface area (Å²) >= 11 is 2.58. The first-order valence-electron chi connectivity index (χ1n) is 11.5. The van der Waals surface area contributed by atoms with Crippen LogP contribution in [0.15, 0.2) is 77.0 Å². The third-order valence-electron chi connectivity index (χ3n) is 5.01. The molecule has 0 aliphatic carbocycles. The van der Waals surface area contributed by atoms with Crippen LogP contribution < -0.4 is 10.6 Å². The lowest BCUT2D eigenvalue weighted by Gasteiger charge is -2.16. The topological polar surface area (TPSA) is 122 Å². The van der Waals surface area contributed by atoms with E-state index in [-0.39, 0.29) is 12.5 Å². The Kier molecular flexibility index (Phi) is 10.0. The number of thiophene rings is 1. The minimum atomic E-state index is -1.22. The van der Waals surface area contributed by atoms with Gasteiger partial charge in [-0.15, -0.1) is 23.1 Å². The van der Waals surface area contributed by atoms with Crippen molar-refractivity contribution < 1.29 is 29.0 Å². The molecule has 2 amide bonds. The molecule has 37 heavy (non-hydrogen) atoms. The van der Waals surface area contributed by atoms with Crippen LogP contribution in [0.3, 0.4) is 0 Å². The standard InChI is InChI=1S/C27H26N2O6S2/c1-3-21(37-19-12-8-11-18(15-19)28-22(30)13-14-23(31)32)25(33)29-26-24(27(34)35-4-2)20(16-36-26)17-9-6-5-7-10-17/h5-16,21H,3-4H2,1-2H3,(H,28,30)(H,29,33)(H,31,32)/b14-13+. The van der Waals surface area contributed by atoms with Gasteiger partial charge in [-0.2, -0.15) is 0 Å². The highest BCUT2D eigenvalue weighted by Crippen LogP contribution is 2.37. The highest BCUT2D eigenvalue weighted by atomic mass is 32.2. The van der Waals surface area contributed by atoms with Crippen molar-refractivity contribution in [1.82, 2.24) is 0 Å². The average Bonchev–Trinajstić information content (AvgIpc) is 3.30. The number of anilines is 2. The van der Waals surface area contributed by atoms with Gasteiger partial charge < -0.3 is 20.5 Å². The molecular weight excluding hydrogens is 512 g/mol. The summed E-state index contributed by atoms with van der Waals surface area (Å²) in [5.74, 6) is -2.56. The van der Waals surface area contributed by atoms with Crippen molar-refractivity contribution in [3.05, 3.63) is 77.7 Å². The molecule has 0 spiro atoms. The number of amides is 2. The number of carbonyl (C=O) groups excluding carboxylic acids is 3. The molecule has 0 bridgehead atoms. The maximum absolute atomic E-state index is 13.2. The van der Waals surface area contributed by atoms with Gasteiger partial charge in [0.2, 0.25) is 11.8 Å². The lowest BCUT2D eigenvalue weighted by molar-refractivity contribution is -0.131. The van der Waals surface area contributed by atoms with Gasteiger partial charge in [-0.3, -0.25) is 9.59 Å². The Bertz CT molecular complexity index is 1300. The number of aliphatic carboxylic acids is 1. The number of thioether (sulfide) groups is 1. The van der Waals surface area contributed by atoms with Gasteiger partial charge in [0.1, 0.15) is 10.6 Å². The highest BCUT2D eigenvalue weighted by molar-refractivity contribution is 8.00. The number of benzene rings is 2. The number of hydrogen-bond donors (Lipinski definition) is 3. The number of hydrogen-bond acceptors (Lipinski definition) is 7. The molecule has 0 fully saturated rings. The number of rotatable bonds is 11. The molecule has 10 heteroatoms. The van der Waals surface area contributed by atoms with Gasteiger partial charge >= 0.3 is 11.9 Å². The van der Waals surface area contributed by atoms with Crippen LogP contribution >= 0.6 is 23.1 Å². The smallest absolute Gasteiger partial charge is 0.341 e. The molecule has 192 valence electrons. The average molecular weight is 539 g/mol. The number of carboxylic acid groups (broad SMARTS) is 1. The number of carbonyl (C=O) groups is 4. The third kappa shape index (κ3) is 7.80. The predicted octanol–water partition coefficient (Wildman–Crippen LogP) is 5.68. The minimum absolute atomic E-state index is 0.211. The monoisotopic (exact) mass is 538 g/mol. The van der Waals surface area contributed by atoms with E-state index in [1.54, 1.807) is 25.1 Å². The maximum Gasteiger partial charge on any atom is 0.341 e. The molecule has 1 unspecified atom stereocenters. The van der Waals surface area contributed by atoms with E-state index in [1.807, 2.05) is 48.7 Å². The van der Waals surface area contributed by atoms with Crippen LogP contribution in [-0.2, 0) is 19.1 Å². The highest BCUT2D eigenvalue weighted by Gasteiger charge is 2.25. The zero-order chi connectivity index (χ0) is 26.8. The number of esters is 1. The van der Waals surface area contributed by atoms with Gasteiger partial charge in [0, 0.05) is 33.7 Å². The van der Waals surface area contributed by atoms with Crippen LogP contribution in [0.4, 0.5) is 10.7 Å². The summed E-state index contributed by atoms with van der Waals surface area (Å²) < 4.78 is 5.27. The molecule has 1 heterocycles. The first-order chi connectivity index (χ1) is 17.8. The van der Waals surface area contributed by atoms with E-state index in [0.717, 1.165) is 22.6 Å². The first kappa shape index (κ1) is 27.7. The summed E-state index contributed by atoms with van der Waals surface area (Å²) in [6.07, 6.45) is 2.19. The third-order valence-corrected chi connectivity index (χ3v) is 7.27. The van der Waals surface area contributed by atoms with Gasteiger partial charge in [0.25, 0.3) is 0 Å². The second-order valence-corrected chi connectivity index (χ2v) is 9.79. The van der Waals surface area contributed by atoms with Gasteiger partial charge in [-0.25, -0.2) is 9.59 Å². The van der Waals surface area contributed by atoms with Crippen molar-refractivity contribution in [2.45, 2.75) is 30.4 Å². The molecule has 0 radical (unpaired) electrons. The van der Waals surface area contributed by atoms with E-state index in [0.29, 0.717) is 28.2 Å². The Morgan fingerprint density at radius 1 is 1.03 bits per heavy atom. The fourth-order valence-electron chi connectivity index (χ4n) is 3.34. The maximum atomic E-state index is 13.2. The van der Waals surface area contributed by atoms with Crippen molar-refractivity contribution in [2.75, 3.05) is 17.2 Å². The quantitative estimate of drug-likeness (QED) is 0.163. The number of nitrogens with one attached hydrogen (secondary N) is 2. The van der Waals surface area contributed by atoms with Crippen molar-refractivity contribution in [3.63, 3.8) is 0 Å². The van der Waals surface area contributed by atoms with Gasteiger partial charge in [0.15, 0.2) is 0 Å². The van der Waals surface area contributed by atoms with E-state index in [1.165, 1.54) is 23.1 Å². The molecule has 3 aromatic rings. The molecule has 0 aliphatic rings. The Balaban J connectivity index is 1.77. The predicted molar refractivity (Wildman–Crippen MR) is 146 cm³/mol. The van der Waals surface area contributed by atoms with E-state index in [9.17, 15) is 19.2 Å². The Hall–Kier alpha value is -3.89. The van der Waals surface area contributed by atoms with Gasteiger partial charge in [-0.05, 0) is 37.1 Å². The van der Waals surface area contributed by atoms with Crippen LogP contribution in [0.1, 0.15) is 30.6 Å². The molecule has 0 aliphatic heterocycles. The zero-order valence-corrected chi connectivity index (χ0v) is 21.9. The fraction of sp³-hybridized carbons (Fsp3) is 0.185. The minimum Gasteiger partial charge on any atom is -0.478 e. The van der Waals surface area contributed by atoms with Gasteiger partial charge in [0.05, 0.1) is 11.9 Å². The number of ether oxygens (including phenoxy) is 1. The number of carboxylic acids is 1. The SMILES string of the molecule is CCOC(=O)c1c(-c2ccccc2)csc1NC(=O)C(CC)Sc1cccc(NC(=O)/C=C/C(=O)O)c1. The second kappa shape index (κ2) is 13.4. The molecular formula is C27H26N2O6S2. The van der Waals surface area contributed by atoms with Crippen LogP contribution in [0.2, 0.25) is 0 Å². The normalized spacial score (nSPS) is 11.6. The van der Waals surface area contributed by atoms with Crippen LogP contribution in [0, 0.1) is 0 Å². The van der Waals surface area contributed by atoms with E-state index < -0.39 is 23.1 Å². The van der Waals surface area contributed by atoms with Crippen LogP contribution in [0.25, 0.3) is 11.1 Å². The first-order valence-corrected chi connectivity index (χ1v) is 13.2. The summed E-state index contributed by atoms with van der Waals surface area (Å²) in [4.78, 5) is 49.2. The van der Waals surface area contributed by atoms with Crippen molar-refractivity contribution in [3.8, 4) is 11.1 Å². The molecule has 8 nitrogen and oxygen atoms in total. The molecule has 1 aromatic heterocycles. The summed E-state index contributed by atoms with van der Waals surface area (Å²) in [5, 5.41) is 15.9. The molecule has 3 N–H and O–H groups in total. The summed E-state index contributed by atoms with van der Waals surface area (Å²) in [6, 6.07) is 16.3. The van der Waals surface area contributed by atoms with Crippen molar-refractivity contribution >= 4 is 57.5 Å². The molecule has 0 saturated carbocycles. The van der Waals surface area contributed by atoms with Crippen LogP contribution in [0.5, 0.6) is 0 Å². The zero-order valence-electron chi connectivity index (χ0n) is 20.2. The summed E-state index contributed by atoms with van der Waals surface area (Å²) in [5.41, 5.74) is 2.34. The lowest BCUT2D eigenvalue weighted by Crippen LogP contribution is -2.25. The van der Waals surface area contributed by atoms with Crippen LogP contribution in [-0.4, -0.2) is 40.7 Å². The van der Waals surface area contributed by atoms with Crippen molar-refractivity contribution in [1.29, 1.82) is 0 Å². The molecule has 0 saturated heterocycles. The second-order valence-electron chi connectivity index (χ2n) is 7.63. The summed E-state index contributed by atoms with van der Waals surface area (Å²) in [6.45, 7) is 3.83. The van der Waals surface area contributed by atoms with Crippen molar-refractivity contribution in [2.24, 2.45) is 0 Å². The Labute approximate surface area is 222 Å². The Morgan fingerprint density at radius 3 is 2.46 bits per heavy atom. The lowest BCUT2D eigenvalue weighted by atomic mass is 10.0. The Morgan fingerprint density at radius 2 is 1.78 bits per heavy atom. The molecule has 3 rings (SSSR count). The van der Waals surface area contributed by atoms with Gasteiger partial charge in [-0.1, -0.05) is 43.3 Å². The fourth-order valence-corrected chi connectivity index (χ4v) is 5.32. The van der Waals surface area contributed by atoms with E-state index >= 15 is 0 Å². The van der Waals surface area contributed by atoms with E-state index in [2.05, 4.69) is 10.6 Å². The molecule has 2 aromatic carbocycles.